The molecule has 0 bridgehead atoms. The SMILES string of the molecule is C=C(CC)/C(F)=C(/F)C(=C)Cc1ccc2c(c1)CCC1C2CCC2(C)C(C)CCC12. The standard InChI is InChI=1S/C28H36F2/c1-6-17(2)26(29)27(30)18(3)15-20-8-10-22-21(16-20)9-11-24-23(22)13-14-28(5)19(4)7-12-25(24)28/h8,10,16,19,23-25H,2-3,6-7,9,11-15H2,1,4-5H3/b27-26-. The van der Waals surface area contributed by atoms with E-state index < -0.39 is 11.7 Å². The first-order valence-electron chi connectivity index (χ1n) is 11.8. The van der Waals surface area contributed by atoms with Gasteiger partial charge in [-0.25, -0.2) is 8.78 Å². The van der Waals surface area contributed by atoms with Gasteiger partial charge in [-0.1, -0.05) is 52.1 Å². The molecule has 0 heterocycles. The van der Waals surface area contributed by atoms with Gasteiger partial charge in [0.25, 0.3) is 0 Å². The molecule has 0 radical (unpaired) electrons. The predicted molar refractivity (Wildman–Crippen MR) is 122 cm³/mol. The molecule has 1 aromatic carbocycles. The summed E-state index contributed by atoms with van der Waals surface area (Å²) >= 11 is 0. The highest BCUT2D eigenvalue weighted by Gasteiger charge is 2.53. The highest BCUT2D eigenvalue weighted by atomic mass is 19.2. The Morgan fingerprint density at radius 3 is 2.53 bits per heavy atom. The summed E-state index contributed by atoms with van der Waals surface area (Å²) in [4.78, 5) is 0. The van der Waals surface area contributed by atoms with Gasteiger partial charge in [0.15, 0.2) is 11.7 Å². The lowest BCUT2D eigenvalue weighted by Crippen LogP contribution is -2.41. The van der Waals surface area contributed by atoms with Crippen molar-refractivity contribution >= 4 is 0 Å². The molecule has 1 aromatic rings. The molecule has 0 aromatic heterocycles. The van der Waals surface area contributed by atoms with E-state index in [1.807, 2.05) is 0 Å². The maximum atomic E-state index is 14.4. The van der Waals surface area contributed by atoms with Crippen LogP contribution in [0.1, 0.15) is 81.9 Å². The fraction of sp³-hybridized carbons (Fsp3) is 0.571. The van der Waals surface area contributed by atoms with Gasteiger partial charge in [0, 0.05) is 0 Å². The molecule has 3 aliphatic rings. The molecule has 2 saturated carbocycles. The molecule has 2 fully saturated rings. The smallest absolute Gasteiger partial charge is 0.162 e. The zero-order valence-electron chi connectivity index (χ0n) is 18.9. The number of fused-ring (bicyclic) bond motifs is 5. The lowest BCUT2D eigenvalue weighted by Gasteiger charge is -2.50. The second-order valence-corrected chi connectivity index (χ2v) is 10.3. The van der Waals surface area contributed by atoms with Crippen LogP contribution < -0.4 is 0 Å². The first-order valence-corrected chi connectivity index (χ1v) is 11.8. The summed E-state index contributed by atoms with van der Waals surface area (Å²) in [7, 11) is 0. The Hall–Kier alpha value is -1.70. The largest absolute Gasteiger partial charge is 0.203 e. The van der Waals surface area contributed by atoms with Crippen LogP contribution in [0.5, 0.6) is 0 Å². The number of allylic oxidation sites excluding steroid dienone is 4. The van der Waals surface area contributed by atoms with E-state index in [9.17, 15) is 8.78 Å². The van der Waals surface area contributed by atoms with E-state index in [2.05, 4.69) is 45.2 Å². The third-order valence-corrected chi connectivity index (χ3v) is 8.92. The van der Waals surface area contributed by atoms with Crippen molar-refractivity contribution in [1.82, 2.24) is 0 Å². The molecule has 0 saturated heterocycles. The molecule has 5 atom stereocenters. The third-order valence-electron chi connectivity index (χ3n) is 8.92. The molecule has 4 rings (SSSR count). The van der Waals surface area contributed by atoms with Crippen molar-refractivity contribution in [3.8, 4) is 0 Å². The summed E-state index contributed by atoms with van der Waals surface area (Å²) in [5.74, 6) is 1.52. The van der Waals surface area contributed by atoms with Crippen LogP contribution >= 0.6 is 0 Å². The van der Waals surface area contributed by atoms with Gasteiger partial charge in [-0.15, -0.1) is 0 Å². The van der Waals surface area contributed by atoms with Crippen molar-refractivity contribution in [1.29, 1.82) is 0 Å². The monoisotopic (exact) mass is 410 g/mol. The number of hydrogen-bond acceptors (Lipinski definition) is 0. The van der Waals surface area contributed by atoms with E-state index in [1.54, 1.807) is 6.92 Å². The van der Waals surface area contributed by atoms with Crippen molar-refractivity contribution in [3.63, 3.8) is 0 Å². The molecule has 0 spiro atoms. The minimum absolute atomic E-state index is 0.190. The average Bonchev–Trinajstić information content (AvgIpc) is 3.06. The van der Waals surface area contributed by atoms with Gasteiger partial charge in [-0.3, -0.25) is 0 Å². The van der Waals surface area contributed by atoms with E-state index in [-0.39, 0.29) is 11.1 Å². The van der Waals surface area contributed by atoms with E-state index in [4.69, 9.17) is 0 Å². The first-order chi connectivity index (χ1) is 14.3. The van der Waals surface area contributed by atoms with Crippen molar-refractivity contribution in [2.45, 2.75) is 78.1 Å². The van der Waals surface area contributed by atoms with Crippen LogP contribution in [0.3, 0.4) is 0 Å². The van der Waals surface area contributed by atoms with Crippen molar-refractivity contribution < 1.29 is 8.78 Å². The Kier molecular flexibility index (Phi) is 5.81. The van der Waals surface area contributed by atoms with Crippen LogP contribution in [-0.4, -0.2) is 0 Å². The van der Waals surface area contributed by atoms with Crippen molar-refractivity contribution in [2.75, 3.05) is 0 Å². The first kappa shape index (κ1) is 21.5. The number of benzene rings is 1. The van der Waals surface area contributed by atoms with Gasteiger partial charge in [0.05, 0.1) is 0 Å². The summed E-state index contributed by atoms with van der Waals surface area (Å²) in [6.07, 6.45) is 8.54. The quantitative estimate of drug-likeness (QED) is 0.428. The van der Waals surface area contributed by atoms with Crippen LogP contribution in [0.2, 0.25) is 0 Å². The third kappa shape index (κ3) is 3.51. The molecule has 0 aliphatic heterocycles. The Labute approximate surface area is 181 Å². The molecule has 2 heteroatoms. The summed E-state index contributed by atoms with van der Waals surface area (Å²) in [5.41, 5.74) is 4.88. The van der Waals surface area contributed by atoms with Crippen molar-refractivity contribution in [3.05, 3.63) is 70.8 Å². The molecule has 5 unspecified atom stereocenters. The van der Waals surface area contributed by atoms with Crippen LogP contribution in [0.15, 0.2) is 54.2 Å². The van der Waals surface area contributed by atoms with Gasteiger partial charge in [-0.05, 0) is 108 Å². The number of halogens is 2. The maximum Gasteiger partial charge on any atom is 0.162 e. The van der Waals surface area contributed by atoms with Gasteiger partial charge >= 0.3 is 0 Å². The fourth-order valence-corrected chi connectivity index (χ4v) is 6.80. The highest BCUT2D eigenvalue weighted by molar-refractivity contribution is 5.42. The second kappa shape index (κ2) is 8.09. The zero-order valence-corrected chi connectivity index (χ0v) is 18.9. The van der Waals surface area contributed by atoms with E-state index in [0.29, 0.717) is 24.2 Å². The van der Waals surface area contributed by atoms with Gasteiger partial charge in [0.2, 0.25) is 0 Å². The molecule has 30 heavy (non-hydrogen) atoms. The molecule has 162 valence electrons. The number of hydrogen-bond donors (Lipinski definition) is 0. The van der Waals surface area contributed by atoms with Crippen LogP contribution in [0.4, 0.5) is 8.78 Å². The van der Waals surface area contributed by atoms with Gasteiger partial charge in [-0.2, -0.15) is 0 Å². The number of rotatable bonds is 5. The van der Waals surface area contributed by atoms with Gasteiger partial charge < -0.3 is 0 Å². The Balaban J connectivity index is 1.53. The normalized spacial score (nSPS) is 33.2. The topological polar surface area (TPSA) is 0 Å². The minimum Gasteiger partial charge on any atom is -0.203 e. The average molecular weight is 411 g/mol. The van der Waals surface area contributed by atoms with E-state index in [1.165, 1.54) is 43.2 Å². The molecular weight excluding hydrogens is 374 g/mol. The predicted octanol–water partition coefficient (Wildman–Crippen LogP) is 8.39. The zero-order chi connectivity index (χ0) is 21.6. The number of aryl methyl sites for hydroxylation is 1. The molecule has 3 aliphatic carbocycles. The summed E-state index contributed by atoms with van der Waals surface area (Å²) in [6.45, 7) is 14.2. The van der Waals surface area contributed by atoms with Crippen LogP contribution in [0, 0.1) is 23.2 Å². The lowest BCUT2D eigenvalue weighted by molar-refractivity contribution is 0.0337. The summed E-state index contributed by atoms with van der Waals surface area (Å²) in [5, 5.41) is 0. The molecule has 0 amide bonds. The molecular formula is C28H36F2. The Morgan fingerprint density at radius 1 is 1.07 bits per heavy atom. The van der Waals surface area contributed by atoms with E-state index in [0.717, 1.165) is 29.7 Å². The molecule has 0 N–H and O–H groups in total. The highest BCUT2D eigenvalue weighted by Crippen LogP contribution is 2.62. The van der Waals surface area contributed by atoms with E-state index >= 15 is 0 Å². The summed E-state index contributed by atoms with van der Waals surface area (Å²) < 4.78 is 28.5. The Bertz CT molecular complexity index is 892. The van der Waals surface area contributed by atoms with Crippen LogP contribution in [-0.2, 0) is 12.8 Å². The Morgan fingerprint density at radius 2 is 1.80 bits per heavy atom. The van der Waals surface area contributed by atoms with Crippen LogP contribution in [0.25, 0.3) is 0 Å². The van der Waals surface area contributed by atoms with Crippen molar-refractivity contribution in [2.24, 2.45) is 23.2 Å². The minimum atomic E-state index is -0.848. The second-order valence-electron chi connectivity index (χ2n) is 10.3. The molecule has 0 nitrogen and oxygen atoms in total. The summed E-state index contributed by atoms with van der Waals surface area (Å²) in [6, 6.07) is 6.61. The fourth-order valence-electron chi connectivity index (χ4n) is 6.80. The lowest BCUT2D eigenvalue weighted by atomic mass is 9.54. The van der Waals surface area contributed by atoms with Gasteiger partial charge in [0.1, 0.15) is 0 Å². The maximum absolute atomic E-state index is 14.4.